The first-order valence-electron chi connectivity index (χ1n) is 6.95. The summed E-state index contributed by atoms with van der Waals surface area (Å²) in [6, 6.07) is 8.68. The molecule has 1 aliphatic carbocycles. The van der Waals surface area contributed by atoms with E-state index in [9.17, 15) is 0 Å². The van der Waals surface area contributed by atoms with Gasteiger partial charge in [-0.3, -0.25) is 0 Å². The van der Waals surface area contributed by atoms with Crippen LogP contribution in [0.15, 0.2) is 59.3 Å². The second-order valence-corrected chi connectivity index (χ2v) is 5.81. The number of benzene rings is 1. The Morgan fingerprint density at radius 2 is 2.00 bits per heavy atom. The first-order chi connectivity index (χ1) is 9.08. The van der Waals surface area contributed by atoms with Gasteiger partial charge < -0.3 is 4.90 Å². The number of likely N-dealkylation sites (N-methyl/N-ethyl adjacent to an activating group) is 1. The highest BCUT2D eigenvalue weighted by molar-refractivity contribution is 5.67. The van der Waals surface area contributed by atoms with Gasteiger partial charge in [-0.2, -0.15) is 0 Å². The maximum absolute atomic E-state index is 4.30. The van der Waals surface area contributed by atoms with E-state index < -0.39 is 0 Å². The van der Waals surface area contributed by atoms with Crippen molar-refractivity contribution in [2.24, 2.45) is 0 Å². The molecule has 1 heterocycles. The van der Waals surface area contributed by atoms with Crippen molar-refractivity contribution in [2.75, 3.05) is 11.9 Å². The van der Waals surface area contributed by atoms with Gasteiger partial charge in [-0.1, -0.05) is 47.6 Å². The van der Waals surface area contributed by atoms with Gasteiger partial charge in [0.25, 0.3) is 0 Å². The van der Waals surface area contributed by atoms with Gasteiger partial charge in [0, 0.05) is 24.4 Å². The largest absolute Gasteiger partial charge is 0.348 e. The summed E-state index contributed by atoms with van der Waals surface area (Å²) in [5.41, 5.74) is 8.48. The molecule has 1 aromatic rings. The third-order valence-corrected chi connectivity index (χ3v) is 4.56. The minimum absolute atomic E-state index is 0.450. The number of nitrogens with zero attached hydrogens (tertiary/aromatic N) is 1. The molecule has 0 saturated heterocycles. The Morgan fingerprint density at radius 1 is 1.26 bits per heavy atom. The minimum Gasteiger partial charge on any atom is -0.348 e. The summed E-state index contributed by atoms with van der Waals surface area (Å²) in [5, 5.41) is 0. The third kappa shape index (κ3) is 1.94. The van der Waals surface area contributed by atoms with E-state index in [1.165, 1.54) is 28.1 Å². The van der Waals surface area contributed by atoms with Crippen LogP contribution in [0.4, 0.5) is 5.69 Å². The highest BCUT2D eigenvalue weighted by atomic mass is 15.1. The quantitative estimate of drug-likeness (QED) is 0.730. The van der Waals surface area contributed by atoms with Gasteiger partial charge in [-0.15, -0.1) is 0 Å². The third-order valence-electron chi connectivity index (χ3n) is 4.56. The summed E-state index contributed by atoms with van der Waals surface area (Å²) < 4.78 is 0. The second kappa shape index (κ2) is 4.41. The molecule has 0 fully saturated rings. The molecule has 0 aromatic heterocycles. The van der Waals surface area contributed by atoms with Crippen LogP contribution in [0.25, 0.3) is 0 Å². The van der Waals surface area contributed by atoms with Gasteiger partial charge >= 0.3 is 0 Å². The maximum Gasteiger partial charge on any atom is 0.0445 e. The second-order valence-electron chi connectivity index (χ2n) is 5.81. The molecule has 2 aliphatic rings. The molecule has 19 heavy (non-hydrogen) atoms. The SMILES string of the molecule is C=C1C(CC2=CC(C)=C(C)C2)c2ccccc2N1C. The zero-order valence-electron chi connectivity index (χ0n) is 12.0. The molecule has 0 radical (unpaired) electrons. The fourth-order valence-corrected chi connectivity index (χ4v) is 3.24. The number of hydrogen-bond donors (Lipinski definition) is 0. The van der Waals surface area contributed by atoms with Crippen LogP contribution in [0.2, 0.25) is 0 Å². The molecular weight excluding hydrogens is 230 g/mol. The summed E-state index contributed by atoms with van der Waals surface area (Å²) in [5.74, 6) is 0.450. The first kappa shape index (κ1) is 12.3. The van der Waals surface area contributed by atoms with E-state index >= 15 is 0 Å². The van der Waals surface area contributed by atoms with Crippen LogP contribution in [0.1, 0.15) is 38.2 Å². The van der Waals surface area contributed by atoms with Crippen molar-refractivity contribution in [2.45, 2.75) is 32.6 Å². The summed E-state index contributed by atoms with van der Waals surface area (Å²) in [4.78, 5) is 2.24. The van der Waals surface area contributed by atoms with Gasteiger partial charge in [0.2, 0.25) is 0 Å². The van der Waals surface area contributed by atoms with E-state index in [1.807, 2.05) is 0 Å². The van der Waals surface area contributed by atoms with E-state index in [2.05, 4.69) is 62.7 Å². The average Bonchev–Trinajstić information content (AvgIpc) is 2.84. The summed E-state index contributed by atoms with van der Waals surface area (Å²) in [6.45, 7) is 8.75. The molecule has 0 amide bonds. The Hall–Kier alpha value is -1.76. The van der Waals surface area contributed by atoms with E-state index in [1.54, 1.807) is 5.57 Å². The van der Waals surface area contributed by atoms with Gasteiger partial charge in [0.15, 0.2) is 0 Å². The Bertz CT molecular complexity index is 604. The van der Waals surface area contributed by atoms with Gasteiger partial charge in [-0.05, 0) is 38.3 Å². The molecule has 1 nitrogen and oxygen atoms in total. The topological polar surface area (TPSA) is 3.24 Å². The maximum atomic E-state index is 4.30. The molecule has 1 aliphatic heterocycles. The molecule has 1 heteroatoms. The molecule has 0 spiro atoms. The van der Waals surface area contributed by atoms with Crippen molar-refractivity contribution in [1.82, 2.24) is 0 Å². The Morgan fingerprint density at radius 3 is 2.68 bits per heavy atom. The summed E-state index contributed by atoms with van der Waals surface area (Å²) in [6.07, 6.45) is 4.61. The number of para-hydroxylation sites is 1. The predicted molar refractivity (Wildman–Crippen MR) is 82.4 cm³/mol. The molecule has 0 N–H and O–H groups in total. The highest BCUT2D eigenvalue weighted by Gasteiger charge is 2.30. The molecule has 0 bridgehead atoms. The highest BCUT2D eigenvalue weighted by Crippen LogP contribution is 2.46. The number of fused-ring (bicyclic) bond motifs is 1. The smallest absolute Gasteiger partial charge is 0.0445 e. The lowest BCUT2D eigenvalue weighted by molar-refractivity contribution is 0.780. The zero-order chi connectivity index (χ0) is 13.6. The van der Waals surface area contributed by atoms with Gasteiger partial charge in [0.1, 0.15) is 0 Å². The predicted octanol–water partition coefficient (Wildman–Crippen LogP) is 4.79. The Balaban J connectivity index is 1.87. The van der Waals surface area contributed by atoms with E-state index in [0.717, 1.165) is 12.8 Å². The Labute approximate surface area is 115 Å². The standard InChI is InChI=1S/C18H21N/c1-12-9-15(10-13(12)2)11-17-14(3)19(4)18-8-6-5-7-16(17)18/h5-9,17H,3,10-11H2,1-2,4H3. The fraction of sp³-hybridized carbons (Fsp3) is 0.333. The van der Waals surface area contributed by atoms with Crippen LogP contribution in [0.5, 0.6) is 0 Å². The lowest BCUT2D eigenvalue weighted by Gasteiger charge is -2.17. The average molecular weight is 251 g/mol. The first-order valence-corrected chi connectivity index (χ1v) is 6.95. The van der Waals surface area contributed by atoms with Crippen molar-refractivity contribution >= 4 is 5.69 Å². The van der Waals surface area contributed by atoms with Crippen molar-refractivity contribution < 1.29 is 0 Å². The van der Waals surface area contributed by atoms with Crippen molar-refractivity contribution in [3.63, 3.8) is 0 Å². The molecule has 1 unspecified atom stereocenters. The Kier molecular flexibility index (Phi) is 2.85. The van der Waals surface area contributed by atoms with E-state index in [-0.39, 0.29) is 0 Å². The van der Waals surface area contributed by atoms with Crippen molar-refractivity contribution in [3.8, 4) is 0 Å². The normalized spacial score (nSPS) is 22.1. The van der Waals surface area contributed by atoms with Gasteiger partial charge in [-0.25, -0.2) is 0 Å². The molecule has 0 saturated carbocycles. The molecule has 98 valence electrons. The van der Waals surface area contributed by atoms with Crippen LogP contribution in [-0.2, 0) is 0 Å². The van der Waals surface area contributed by atoms with Crippen LogP contribution in [0.3, 0.4) is 0 Å². The summed E-state index contributed by atoms with van der Waals surface area (Å²) in [7, 11) is 2.12. The van der Waals surface area contributed by atoms with Crippen molar-refractivity contribution in [1.29, 1.82) is 0 Å². The number of rotatable bonds is 2. The molecular formula is C18H21N. The fourth-order valence-electron chi connectivity index (χ4n) is 3.24. The van der Waals surface area contributed by atoms with Crippen LogP contribution in [0, 0.1) is 0 Å². The van der Waals surface area contributed by atoms with E-state index in [4.69, 9.17) is 0 Å². The van der Waals surface area contributed by atoms with Crippen molar-refractivity contribution in [3.05, 3.63) is 64.9 Å². The number of hydrogen-bond acceptors (Lipinski definition) is 1. The van der Waals surface area contributed by atoms with E-state index in [0.29, 0.717) is 5.92 Å². The molecule has 1 atom stereocenters. The van der Waals surface area contributed by atoms with Gasteiger partial charge in [0.05, 0.1) is 0 Å². The lowest BCUT2D eigenvalue weighted by Crippen LogP contribution is -2.12. The lowest BCUT2D eigenvalue weighted by atomic mass is 9.91. The van der Waals surface area contributed by atoms with Crippen LogP contribution < -0.4 is 4.90 Å². The minimum atomic E-state index is 0.450. The summed E-state index contributed by atoms with van der Waals surface area (Å²) >= 11 is 0. The van der Waals surface area contributed by atoms with Crippen LogP contribution in [-0.4, -0.2) is 7.05 Å². The zero-order valence-corrected chi connectivity index (χ0v) is 12.0. The molecule has 1 aromatic carbocycles. The number of allylic oxidation sites excluding steroid dienone is 5. The molecule has 3 rings (SSSR count). The number of anilines is 1. The van der Waals surface area contributed by atoms with Crippen LogP contribution >= 0.6 is 0 Å². The monoisotopic (exact) mass is 251 g/mol.